The molecule has 0 spiro atoms. The molecule has 1 saturated heterocycles. The lowest BCUT2D eigenvalue weighted by Crippen LogP contribution is -2.33. The maximum Gasteiger partial charge on any atom is 0.309 e. The van der Waals surface area contributed by atoms with Gasteiger partial charge in [0.15, 0.2) is 0 Å². The summed E-state index contributed by atoms with van der Waals surface area (Å²) in [5.41, 5.74) is 2.50. The van der Waals surface area contributed by atoms with E-state index in [9.17, 15) is 9.90 Å². The third-order valence-corrected chi connectivity index (χ3v) is 3.68. The number of aryl methyl sites for hydroxylation is 1. The van der Waals surface area contributed by atoms with Crippen molar-refractivity contribution in [2.75, 3.05) is 33.2 Å². The average molecular weight is 262 g/mol. The molecule has 1 aliphatic rings. The molecular weight excluding hydrogens is 240 g/mol. The van der Waals surface area contributed by atoms with Crippen molar-refractivity contribution in [2.45, 2.75) is 13.5 Å². The lowest BCUT2D eigenvalue weighted by molar-refractivity contribution is -0.142. The van der Waals surface area contributed by atoms with Crippen molar-refractivity contribution in [2.24, 2.45) is 5.92 Å². The average Bonchev–Trinajstić information content (AvgIpc) is 2.55. The fourth-order valence-corrected chi connectivity index (χ4v) is 2.49. The van der Waals surface area contributed by atoms with Crippen molar-refractivity contribution in [3.63, 3.8) is 0 Å². The topological polar surface area (TPSA) is 43.8 Å². The van der Waals surface area contributed by atoms with Crippen LogP contribution in [0.2, 0.25) is 0 Å². The zero-order valence-electron chi connectivity index (χ0n) is 11.7. The van der Waals surface area contributed by atoms with Crippen LogP contribution in [0.25, 0.3) is 0 Å². The Morgan fingerprint density at radius 3 is 2.58 bits per heavy atom. The molecule has 0 amide bonds. The molecule has 1 aliphatic heterocycles. The number of carboxylic acids is 1. The molecular formula is C15H22N2O2. The molecule has 1 atom stereocenters. The van der Waals surface area contributed by atoms with Gasteiger partial charge in [-0.2, -0.15) is 0 Å². The highest BCUT2D eigenvalue weighted by Crippen LogP contribution is 2.13. The van der Waals surface area contributed by atoms with Gasteiger partial charge in [-0.25, -0.2) is 0 Å². The van der Waals surface area contributed by atoms with E-state index in [0.717, 1.165) is 19.6 Å². The summed E-state index contributed by atoms with van der Waals surface area (Å²) in [6, 6.07) is 8.46. The number of benzene rings is 1. The van der Waals surface area contributed by atoms with Crippen LogP contribution in [0.1, 0.15) is 11.1 Å². The van der Waals surface area contributed by atoms with Gasteiger partial charge < -0.3 is 10.0 Å². The van der Waals surface area contributed by atoms with Crippen LogP contribution in [0.15, 0.2) is 24.3 Å². The Labute approximate surface area is 114 Å². The number of carboxylic acid groups (broad SMARTS) is 1. The Bertz CT molecular complexity index is 430. The molecule has 0 aromatic heterocycles. The van der Waals surface area contributed by atoms with Gasteiger partial charge in [0, 0.05) is 32.7 Å². The maximum absolute atomic E-state index is 11.2. The Morgan fingerprint density at radius 1 is 1.26 bits per heavy atom. The molecule has 4 nitrogen and oxygen atoms in total. The van der Waals surface area contributed by atoms with Gasteiger partial charge >= 0.3 is 5.97 Å². The van der Waals surface area contributed by atoms with Crippen molar-refractivity contribution >= 4 is 5.97 Å². The van der Waals surface area contributed by atoms with E-state index in [2.05, 4.69) is 41.0 Å². The van der Waals surface area contributed by atoms with Gasteiger partial charge in [-0.1, -0.05) is 29.8 Å². The third-order valence-electron chi connectivity index (χ3n) is 3.68. The van der Waals surface area contributed by atoms with Gasteiger partial charge in [0.2, 0.25) is 0 Å². The summed E-state index contributed by atoms with van der Waals surface area (Å²) in [6.45, 7) is 6.03. The molecule has 1 N–H and O–H groups in total. The van der Waals surface area contributed by atoms with Crippen molar-refractivity contribution in [1.82, 2.24) is 9.80 Å². The molecule has 0 bridgehead atoms. The fraction of sp³-hybridized carbons (Fsp3) is 0.533. The minimum atomic E-state index is -0.692. The quantitative estimate of drug-likeness (QED) is 0.895. The molecule has 1 aromatic carbocycles. The van der Waals surface area contributed by atoms with E-state index in [0.29, 0.717) is 13.1 Å². The van der Waals surface area contributed by atoms with E-state index in [-0.39, 0.29) is 5.92 Å². The van der Waals surface area contributed by atoms with Crippen molar-refractivity contribution in [1.29, 1.82) is 0 Å². The Kier molecular flexibility index (Phi) is 4.56. The van der Waals surface area contributed by atoms with Gasteiger partial charge in [0.1, 0.15) is 0 Å². The molecule has 0 radical (unpaired) electrons. The second kappa shape index (κ2) is 6.17. The van der Waals surface area contributed by atoms with Gasteiger partial charge in [0.05, 0.1) is 5.92 Å². The third kappa shape index (κ3) is 4.04. The van der Waals surface area contributed by atoms with Crippen molar-refractivity contribution in [3.05, 3.63) is 35.4 Å². The summed E-state index contributed by atoms with van der Waals surface area (Å²) in [4.78, 5) is 15.6. The van der Waals surface area contributed by atoms with Gasteiger partial charge in [-0.3, -0.25) is 9.69 Å². The monoisotopic (exact) mass is 262 g/mol. The predicted octanol–water partition coefficient (Wildman–Crippen LogP) is 1.44. The van der Waals surface area contributed by atoms with Crippen LogP contribution in [0.5, 0.6) is 0 Å². The van der Waals surface area contributed by atoms with Crippen molar-refractivity contribution in [3.8, 4) is 0 Å². The van der Waals surface area contributed by atoms with E-state index >= 15 is 0 Å². The summed E-state index contributed by atoms with van der Waals surface area (Å²) < 4.78 is 0. The number of aliphatic carboxylic acids is 1. The Hall–Kier alpha value is -1.39. The standard InChI is InChI=1S/C15H22N2O2/c1-12-3-5-13(6-4-12)9-17-8-7-16(2)10-14(11-17)15(18)19/h3-6,14H,7-11H2,1-2H3,(H,18,19). The summed E-state index contributed by atoms with van der Waals surface area (Å²) in [6.07, 6.45) is 0. The number of carbonyl (C=O) groups is 1. The lowest BCUT2D eigenvalue weighted by Gasteiger charge is -2.21. The number of likely N-dealkylation sites (N-methyl/N-ethyl adjacent to an activating group) is 1. The maximum atomic E-state index is 11.2. The first-order chi connectivity index (χ1) is 9.04. The molecule has 2 rings (SSSR count). The van der Waals surface area contributed by atoms with Gasteiger partial charge in [-0.15, -0.1) is 0 Å². The van der Waals surface area contributed by atoms with Crippen molar-refractivity contribution < 1.29 is 9.90 Å². The lowest BCUT2D eigenvalue weighted by atomic mass is 10.1. The fourth-order valence-electron chi connectivity index (χ4n) is 2.49. The first-order valence-corrected chi connectivity index (χ1v) is 6.74. The second-order valence-corrected chi connectivity index (χ2v) is 5.52. The van der Waals surface area contributed by atoms with Gasteiger partial charge in [-0.05, 0) is 19.5 Å². The molecule has 0 saturated carbocycles. The number of nitrogens with zero attached hydrogens (tertiary/aromatic N) is 2. The first-order valence-electron chi connectivity index (χ1n) is 6.74. The van der Waals surface area contributed by atoms with E-state index in [1.165, 1.54) is 11.1 Å². The van der Waals surface area contributed by atoms with E-state index in [1.807, 2.05) is 7.05 Å². The molecule has 1 heterocycles. The highest BCUT2D eigenvalue weighted by Gasteiger charge is 2.25. The zero-order chi connectivity index (χ0) is 13.8. The molecule has 19 heavy (non-hydrogen) atoms. The smallest absolute Gasteiger partial charge is 0.309 e. The van der Waals surface area contributed by atoms with Crippen LogP contribution < -0.4 is 0 Å². The molecule has 1 unspecified atom stereocenters. The summed E-state index contributed by atoms with van der Waals surface area (Å²) in [5, 5.41) is 9.25. The SMILES string of the molecule is Cc1ccc(CN2CCN(C)CC(C(=O)O)C2)cc1. The van der Waals surface area contributed by atoms with E-state index in [4.69, 9.17) is 0 Å². The number of hydrogen-bond donors (Lipinski definition) is 1. The van der Waals surface area contributed by atoms with Crippen LogP contribution in [0.3, 0.4) is 0 Å². The molecule has 4 heteroatoms. The Morgan fingerprint density at radius 2 is 1.95 bits per heavy atom. The predicted molar refractivity (Wildman–Crippen MR) is 75.1 cm³/mol. The minimum Gasteiger partial charge on any atom is -0.481 e. The normalized spacial score (nSPS) is 22.1. The Balaban J connectivity index is 2.02. The zero-order valence-corrected chi connectivity index (χ0v) is 11.7. The van der Waals surface area contributed by atoms with Gasteiger partial charge in [0.25, 0.3) is 0 Å². The first kappa shape index (κ1) is 14.0. The number of hydrogen-bond acceptors (Lipinski definition) is 3. The highest BCUT2D eigenvalue weighted by molar-refractivity contribution is 5.70. The molecule has 1 fully saturated rings. The number of rotatable bonds is 3. The van der Waals surface area contributed by atoms with Crippen LogP contribution in [-0.4, -0.2) is 54.1 Å². The second-order valence-electron chi connectivity index (χ2n) is 5.52. The summed E-state index contributed by atoms with van der Waals surface area (Å²) in [7, 11) is 1.99. The highest BCUT2D eigenvalue weighted by atomic mass is 16.4. The largest absolute Gasteiger partial charge is 0.481 e. The summed E-state index contributed by atoms with van der Waals surface area (Å²) in [5.74, 6) is -0.986. The molecule has 104 valence electrons. The molecule has 1 aromatic rings. The van der Waals surface area contributed by atoms with Crippen LogP contribution in [0.4, 0.5) is 0 Å². The van der Waals surface area contributed by atoms with Crippen LogP contribution in [-0.2, 0) is 11.3 Å². The van der Waals surface area contributed by atoms with Crippen LogP contribution in [0, 0.1) is 12.8 Å². The summed E-state index contributed by atoms with van der Waals surface area (Å²) >= 11 is 0. The molecule has 0 aliphatic carbocycles. The van der Waals surface area contributed by atoms with Crippen LogP contribution >= 0.6 is 0 Å². The minimum absolute atomic E-state index is 0.294. The van der Waals surface area contributed by atoms with E-state index in [1.54, 1.807) is 0 Å². The van der Waals surface area contributed by atoms with E-state index < -0.39 is 5.97 Å².